The number of hydrogen-bond donors (Lipinski definition) is 1. The summed E-state index contributed by atoms with van der Waals surface area (Å²) in [7, 11) is 0. The summed E-state index contributed by atoms with van der Waals surface area (Å²) in [6, 6.07) is 0.211. The Labute approximate surface area is 109 Å². The first-order valence-corrected chi connectivity index (χ1v) is 6.49. The molecule has 18 heavy (non-hydrogen) atoms. The van der Waals surface area contributed by atoms with Gasteiger partial charge < -0.3 is 15.4 Å². The zero-order valence-corrected chi connectivity index (χ0v) is 11.6. The van der Waals surface area contributed by atoms with Crippen LogP contribution in [-0.4, -0.2) is 67.1 Å². The highest BCUT2D eigenvalue weighted by molar-refractivity contribution is 5.78. The second kappa shape index (κ2) is 7.20. The minimum atomic E-state index is -0.158. The number of carbonyl (C=O) groups excluding carboxylic acids is 1. The van der Waals surface area contributed by atoms with Crippen molar-refractivity contribution in [1.29, 1.82) is 0 Å². The number of hydrogen-bond acceptors (Lipinski definition) is 4. The standard InChI is InChI=1S/C12H24N4O2/c1-4-18-11(17)9-15-5-7-16(8-6-15)12(13)14-10(2)3/h10H,4-9H2,1-3H3,(H2,13,14). The fraction of sp³-hybridized carbons (Fsp3) is 0.833. The molecule has 1 saturated heterocycles. The highest BCUT2D eigenvalue weighted by atomic mass is 16.5. The summed E-state index contributed by atoms with van der Waals surface area (Å²) in [4.78, 5) is 19.8. The third-order valence-electron chi connectivity index (χ3n) is 2.74. The molecular weight excluding hydrogens is 232 g/mol. The van der Waals surface area contributed by atoms with Crippen molar-refractivity contribution in [3.8, 4) is 0 Å². The van der Waals surface area contributed by atoms with E-state index in [0.29, 0.717) is 19.1 Å². The van der Waals surface area contributed by atoms with E-state index in [-0.39, 0.29) is 12.0 Å². The van der Waals surface area contributed by atoms with Gasteiger partial charge in [0.05, 0.1) is 13.2 Å². The summed E-state index contributed by atoms with van der Waals surface area (Å²) in [6.07, 6.45) is 0. The average molecular weight is 256 g/mol. The Morgan fingerprint density at radius 3 is 2.44 bits per heavy atom. The number of guanidine groups is 1. The molecule has 0 aromatic rings. The van der Waals surface area contributed by atoms with Gasteiger partial charge in [0.25, 0.3) is 0 Å². The van der Waals surface area contributed by atoms with Gasteiger partial charge in [-0.1, -0.05) is 0 Å². The van der Waals surface area contributed by atoms with E-state index in [9.17, 15) is 4.79 Å². The SMILES string of the molecule is CCOC(=O)CN1CCN(C(N)=NC(C)C)CC1. The number of nitrogens with two attached hydrogens (primary N) is 1. The minimum absolute atomic E-state index is 0.158. The van der Waals surface area contributed by atoms with Gasteiger partial charge in [-0.3, -0.25) is 14.7 Å². The fourth-order valence-corrected chi connectivity index (χ4v) is 1.87. The zero-order valence-electron chi connectivity index (χ0n) is 11.6. The third kappa shape index (κ3) is 4.91. The van der Waals surface area contributed by atoms with Gasteiger partial charge in [-0.2, -0.15) is 0 Å². The molecule has 1 heterocycles. The Balaban J connectivity index is 2.34. The van der Waals surface area contributed by atoms with Crippen molar-refractivity contribution in [2.45, 2.75) is 26.8 Å². The second-order valence-electron chi connectivity index (χ2n) is 4.65. The zero-order chi connectivity index (χ0) is 13.5. The Bertz CT molecular complexity index is 296. The summed E-state index contributed by atoms with van der Waals surface area (Å²) in [5.41, 5.74) is 5.91. The van der Waals surface area contributed by atoms with E-state index in [1.54, 1.807) is 0 Å². The Morgan fingerprint density at radius 1 is 1.33 bits per heavy atom. The molecule has 0 aliphatic carbocycles. The normalized spacial score (nSPS) is 18.2. The molecule has 0 unspecified atom stereocenters. The van der Waals surface area contributed by atoms with Crippen LogP contribution in [0.25, 0.3) is 0 Å². The van der Waals surface area contributed by atoms with Crippen molar-refractivity contribution in [3.05, 3.63) is 0 Å². The smallest absolute Gasteiger partial charge is 0.320 e. The van der Waals surface area contributed by atoms with Gasteiger partial charge in [-0.25, -0.2) is 0 Å². The first kappa shape index (κ1) is 14.8. The molecule has 0 saturated carbocycles. The van der Waals surface area contributed by atoms with Gasteiger partial charge in [0.15, 0.2) is 5.96 Å². The molecule has 6 heteroatoms. The molecule has 0 aromatic carbocycles. The Kier molecular flexibility index (Phi) is 5.91. The van der Waals surface area contributed by atoms with E-state index in [4.69, 9.17) is 10.5 Å². The number of carbonyl (C=O) groups is 1. The molecule has 2 N–H and O–H groups in total. The predicted molar refractivity (Wildman–Crippen MR) is 71.4 cm³/mol. The number of esters is 1. The number of rotatable bonds is 4. The molecular formula is C12H24N4O2. The maximum atomic E-state index is 11.3. The molecule has 0 aromatic heterocycles. The lowest BCUT2D eigenvalue weighted by atomic mass is 10.3. The molecule has 0 bridgehead atoms. The van der Waals surface area contributed by atoms with E-state index in [1.165, 1.54) is 0 Å². The molecule has 1 aliphatic rings. The molecule has 1 rings (SSSR count). The monoisotopic (exact) mass is 256 g/mol. The van der Waals surface area contributed by atoms with E-state index >= 15 is 0 Å². The fourth-order valence-electron chi connectivity index (χ4n) is 1.87. The molecule has 1 fully saturated rings. The lowest BCUT2D eigenvalue weighted by Crippen LogP contribution is -2.52. The van der Waals surface area contributed by atoms with Crippen LogP contribution in [0.2, 0.25) is 0 Å². The quantitative estimate of drug-likeness (QED) is 0.432. The van der Waals surface area contributed by atoms with Crippen LogP contribution in [0.15, 0.2) is 4.99 Å². The van der Waals surface area contributed by atoms with E-state index in [1.807, 2.05) is 20.8 Å². The maximum Gasteiger partial charge on any atom is 0.320 e. The first-order chi connectivity index (χ1) is 8.52. The van der Waals surface area contributed by atoms with Gasteiger partial charge in [-0.05, 0) is 20.8 Å². The highest BCUT2D eigenvalue weighted by Gasteiger charge is 2.20. The molecule has 0 spiro atoms. The van der Waals surface area contributed by atoms with Crippen molar-refractivity contribution in [3.63, 3.8) is 0 Å². The molecule has 0 radical (unpaired) electrons. The van der Waals surface area contributed by atoms with Crippen LogP contribution in [0, 0.1) is 0 Å². The second-order valence-corrected chi connectivity index (χ2v) is 4.65. The largest absolute Gasteiger partial charge is 0.465 e. The van der Waals surface area contributed by atoms with Crippen LogP contribution >= 0.6 is 0 Å². The van der Waals surface area contributed by atoms with Crippen molar-refractivity contribution in [2.75, 3.05) is 39.3 Å². The van der Waals surface area contributed by atoms with Crippen molar-refractivity contribution < 1.29 is 9.53 Å². The molecule has 1 aliphatic heterocycles. The van der Waals surface area contributed by atoms with Gasteiger partial charge in [0.1, 0.15) is 0 Å². The number of nitrogens with zero attached hydrogens (tertiary/aromatic N) is 3. The number of aliphatic imine (C=N–C) groups is 1. The van der Waals surface area contributed by atoms with Gasteiger partial charge in [0, 0.05) is 32.2 Å². The van der Waals surface area contributed by atoms with Crippen molar-refractivity contribution in [1.82, 2.24) is 9.80 Å². The highest BCUT2D eigenvalue weighted by Crippen LogP contribution is 2.02. The van der Waals surface area contributed by atoms with Crippen LogP contribution < -0.4 is 5.73 Å². The summed E-state index contributed by atoms with van der Waals surface area (Å²) in [5, 5.41) is 0. The summed E-state index contributed by atoms with van der Waals surface area (Å²) < 4.78 is 4.93. The van der Waals surface area contributed by atoms with E-state index in [2.05, 4.69) is 14.8 Å². The van der Waals surface area contributed by atoms with Gasteiger partial charge in [-0.15, -0.1) is 0 Å². The lowest BCUT2D eigenvalue weighted by molar-refractivity contribution is -0.144. The molecule has 0 amide bonds. The van der Waals surface area contributed by atoms with E-state index in [0.717, 1.165) is 26.2 Å². The lowest BCUT2D eigenvalue weighted by Gasteiger charge is -2.34. The molecule has 104 valence electrons. The molecule has 6 nitrogen and oxygen atoms in total. The maximum absolute atomic E-state index is 11.3. The predicted octanol–water partition coefficient (Wildman–Crippen LogP) is -0.110. The Morgan fingerprint density at radius 2 is 1.94 bits per heavy atom. The first-order valence-electron chi connectivity index (χ1n) is 6.49. The third-order valence-corrected chi connectivity index (χ3v) is 2.74. The summed E-state index contributed by atoms with van der Waals surface area (Å²) in [5.74, 6) is 0.440. The number of ether oxygens (including phenoxy) is 1. The van der Waals surface area contributed by atoms with Gasteiger partial charge >= 0.3 is 5.97 Å². The number of piperazine rings is 1. The van der Waals surface area contributed by atoms with Crippen LogP contribution in [0.4, 0.5) is 0 Å². The average Bonchev–Trinajstić information content (AvgIpc) is 2.29. The van der Waals surface area contributed by atoms with Crippen LogP contribution in [0.5, 0.6) is 0 Å². The summed E-state index contributed by atoms with van der Waals surface area (Å²) >= 11 is 0. The van der Waals surface area contributed by atoms with E-state index < -0.39 is 0 Å². The van der Waals surface area contributed by atoms with Crippen molar-refractivity contribution in [2.24, 2.45) is 10.7 Å². The molecule has 0 atom stereocenters. The summed E-state index contributed by atoms with van der Waals surface area (Å²) in [6.45, 7) is 9.87. The minimum Gasteiger partial charge on any atom is -0.465 e. The van der Waals surface area contributed by atoms with Gasteiger partial charge in [0.2, 0.25) is 0 Å². The van der Waals surface area contributed by atoms with Crippen LogP contribution in [0.3, 0.4) is 0 Å². The Hall–Kier alpha value is -1.30. The van der Waals surface area contributed by atoms with Crippen molar-refractivity contribution >= 4 is 11.9 Å². The van der Waals surface area contributed by atoms with Crippen LogP contribution in [0.1, 0.15) is 20.8 Å². The van der Waals surface area contributed by atoms with Crippen LogP contribution in [-0.2, 0) is 9.53 Å². The topological polar surface area (TPSA) is 71.2 Å².